The van der Waals surface area contributed by atoms with Crippen LogP contribution in [0.5, 0.6) is 0 Å². The van der Waals surface area contributed by atoms with Crippen LogP contribution in [0, 0.1) is 28.8 Å². The number of anilines is 2. The summed E-state index contributed by atoms with van der Waals surface area (Å²) in [5, 5.41) is 23.8. The van der Waals surface area contributed by atoms with Gasteiger partial charge in [0.25, 0.3) is 5.91 Å². The Kier molecular flexibility index (Phi) is 7.50. The highest BCUT2D eigenvalue weighted by atomic mass is 32.1. The minimum absolute atomic E-state index is 0.0282. The van der Waals surface area contributed by atoms with Gasteiger partial charge in [-0.1, -0.05) is 6.07 Å². The summed E-state index contributed by atoms with van der Waals surface area (Å²) in [4.78, 5) is 15.8. The molecule has 210 valence electrons. The van der Waals surface area contributed by atoms with Crippen LogP contribution in [0.4, 0.5) is 24.5 Å². The molecule has 40 heavy (non-hydrogen) atoms. The number of carbonyl (C=O) groups is 1. The monoisotopic (exact) mass is 570 g/mol. The number of aliphatic hydroxyl groups is 1. The number of rotatable bonds is 6. The van der Waals surface area contributed by atoms with Crippen molar-refractivity contribution in [1.29, 1.82) is 5.26 Å². The Morgan fingerprint density at radius 1 is 1.23 bits per heavy atom. The van der Waals surface area contributed by atoms with Crippen molar-refractivity contribution < 1.29 is 23.1 Å². The summed E-state index contributed by atoms with van der Waals surface area (Å²) >= 11 is 1.01. The van der Waals surface area contributed by atoms with Crippen LogP contribution < -0.4 is 21.3 Å². The number of nitrogens with one attached hydrogen (secondary N) is 3. The summed E-state index contributed by atoms with van der Waals surface area (Å²) in [7, 11) is 1.84. The molecule has 1 fully saturated rings. The average molecular weight is 571 g/mol. The Hall–Kier alpha value is -3.63. The van der Waals surface area contributed by atoms with Crippen LogP contribution in [-0.4, -0.2) is 54.2 Å². The summed E-state index contributed by atoms with van der Waals surface area (Å²) in [6, 6.07) is 8.91. The van der Waals surface area contributed by atoms with Crippen LogP contribution in [0.2, 0.25) is 0 Å². The first-order valence-corrected chi connectivity index (χ1v) is 13.7. The minimum atomic E-state index is -1.20. The van der Waals surface area contributed by atoms with E-state index in [1.807, 2.05) is 7.05 Å². The second kappa shape index (κ2) is 10.7. The fraction of sp³-hybridized carbons (Fsp3) is 0.357. The molecule has 1 aromatic heterocycles. The van der Waals surface area contributed by atoms with Crippen LogP contribution in [0.1, 0.15) is 41.9 Å². The number of benzene rings is 2. The van der Waals surface area contributed by atoms with Crippen molar-refractivity contribution in [2.45, 2.75) is 38.3 Å². The number of β-amino-alcohol motifs (C(OH)–C–C–N with tert-alkyl or cyclic N) is 1. The summed E-state index contributed by atoms with van der Waals surface area (Å²) in [6.07, 6.45) is 1.77. The Labute approximate surface area is 234 Å². The van der Waals surface area contributed by atoms with Crippen molar-refractivity contribution in [3.05, 3.63) is 58.2 Å². The van der Waals surface area contributed by atoms with E-state index >= 15 is 8.78 Å². The zero-order valence-electron chi connectivity index (χ0n) is 22.2. The van der Waals surface area contributed by atoms with Crippen LogP contribution >= 0.6 is 11.3 Å². The molecule has 0 unspecified atom stereocenters. The number of likely N-dealkylation sites (N-methyl/N-ethyl adjacent to an activating group) is 1. The molecule has 1 saturated heterocycles. The summed E-state index contributed by atoms with van der Waals surface area (Å²) < 4.78 is 46.0. The number of fused-ring (bicyclic) bond motifs is 1. The number of piperidine rings is 1. The topological polar surface area (TPSA) is 104 Å². The zero-order valence-corrected chi connectivity index (χ0v) is 23.1. The van der Waals surface area contributed by atoms with Gasteiger partial charge in [-0.15, -0.1) is 16.9 Å². The fourth-order valence-electron chi connectivity index (χ4n) is 5.07. The molecule has 3 heterocycles. The maximum absolute atomic E-state index is 15.8. The first-order valence-electron chi connectivity index (χ1n) is 12.8. The van der Waals surface area contributed by atoms with E-state index in [9.17, 15) is 14.3 Å². The molecule has 1 atom stereocenters. The third kappa shape index (κ3) is 5.25. The molecule has 5 rings (SSSR count). The van der Waals surface area contributed by atoms with Crippen molar-refractivity contribution in [3.63, 3.8) is 0 Å². The van der Waals surface area contributed by atoms with Gasteiger partial charge in [0.15, 0.2) is 11.6 Å². The molecule has 2 aliphatic rings. The van der Waals surface area contributed by atoms with E-state index < -0.39 is 23.1 Å². The first-order chi connectivity index (χ1) is 19.0. The number of carbonyl (C=O) groups excluding carboxylic acids is 1. The number of halogens is 3. The molecule has 0 spiro atoms. The Balaban J connectivity index is 1.62. The largest absolute Gasteiger partial charge is 0.389 e. The fourth-order valence-corrected chi connectivity index (χ4v) is 6.23. The van der Waals surface area contributed by atoms with Gasteiger partial charge in [0.1, 0.15) is 17.6 Å². The standard InChI is InChI=1S/C28H29F3N6O2S/c1-28(2,39)14-37-25-21(34-35-37)10-19(23(30)24(25)31)26-18(15-6-7-16(12-32)20(29)9-15)11-22(40-26)27(38)36-8-4-5-17(13-36)33-3/h6-7,9-11,17,33-35,39H,4-5,8,13-14H2,1-3H3/t17-/m1/s1. The van der Waals surface area contributed by atoms with E-state index in [4.69, 9.17) is 5.26 Å². The average Bonchev–Trinajstić information content (AvgIpc) is 3.54. The second-order valence-corrected chi connectivity index (χ2v) is 11.7. The maximum atomic E-state index is 15.8. The third-order valence-electron chi connectivity index (χ3n) is 7.03. The molecule has 0 saturated carbocycles. The number of hydrogen-bond acceptors (Lipinski definition) is 8. The normalized spacial score (nSPS) is 17.0. The number of amides is 1. The lowest BCUT2D eigenvalue weighted by molar-refractivity contribution is 0.0703. The van der Waals surface area contributed by atoms with Gasteiger partial charge in [-0.2, -0.15) is 5.26 Å². The molecule has 12 heteroatoms. The van der Waals surface area contributed by atoms with Gasteiger partial charge in [0.2, 0.25) is 0 Å². The van der Waals surface area contributed by atoms with E-state index in [-0.39, 0.29) is 45.9 Å². The molecule has 3 aromatic rings. The number of hydrogen-bond donors (Lipinski definition) is 4. The third-order valence-corrected chi connectivity index (χ3v) is 8.18. The Morgan fingerprint density at radius 3 is 2.67 bits per heavy atom. The first kappa shape index (κ1) is 27.9. The predicted octanol–water partition coefficient (Wildman–Crippen LogP) is 4.62. The Bertz CT molecular complexity index is 1510. The van der Waals surface area contributed by atoms with E-state index in [1.165, 1.54) is 23.2 Å². The molecule has 0 radical (unpaired) electrons. The van der Waals surface area contributed by atoms with Crippen molar-refractivity contribution >= 4 is 28.6 Å². The number of nitrogens with zero attached hydrogens (tertiary/aromatic N) is 3. The summed E-state index contributed by atoms with van der Waals surface area (Å²) in [6.45, 7) is 4.14. The molecule has 8 nitrogen and oxygen atoms in total. The second-order valence-electron chi connectivity index (χ2n) is 10.6. The van der Waals surface area contributed by atoms with Gasteiger partial charge in [0, 0.05) is 35.1 Å². The highest BCUT2D eigenvalue weighted by molar-refractivity contribution is 7.18. The van der Waals surface area contributed by atoms with Crippen LogP contribution in [0.3, 0.4) is 0 Å². The Morgan fingerprint density at radius 2 is 2.00 bits per heavy atom. The van der Waals surface area contributed by atoms with Crippen LogP contribution in [-0.2, 0) is 0 Å². The van der Waals surface area contributed by atoms with Gasteiger partial charge in [-0.05, 0) is 63.6 Å². The molecule has 2 aliphatic heterocycles. The van der Waals surface area contributed by atoms with Gasteiger partial charge < -0.3 is 20.7 Å². The zero-order chi connectivity index (χ0) is 28.8. The van der Waals surface area contributed by atoms with Gasteiger partial charge in [-0.25, -0.2) is 13.2 Å². The van der Waals surface area contributed by atoms with Crippen LogP contribution in [0.25, 0.3) is 21.6 Å². The van der Waals surface area contributed by atoms with E-state index in [0.717, 1.165) is 30.2 Å². The number of hydrazine groups is 2. The van der Waals surface area contributed by atoms with Gasteiger partial charge >= 0.3 is 0 Å². The molecule has 0 aliphatic carbocycles. The van der Waals surface area contributed by atoms with Crippen molar-refractivity contribution in [2.75, 3.05) is 37.1 Å². The molecular weight excluding hydrogens is 541 g/mol. The van der Waals surface area contributed by atoms with Gasteiger partial charge in [-0.3, -0.25) is 9.80 Å². The lowest BCUT2D eigenvalue weighted by atomic mass is 9.99. The summed E-state index contributed by atoms with van der Waals surface area (Å²) in [5.41, 5.74) is 4.91. The highest BCUT2D eigenvalue weighted by Gasteiger charge is 2.33. The lowest BCUT2D eigenvalue weighted by Gasteiger charge is -2.32. The van der Waals surface area contributed by atoms with Gasteiger partial charge in [0.05, 0.1) is 28.3 Å². The number of thiophene rings is 1. The van der Waals surface area contributed by atoms with E-state index in [2.05, 4.69) is 16.3 Å². The van der Waals surface area contributed by atoms with Crippen molar-refractivity contribution in [3.8, 4) is 27.6 Å². The molecule has 0 bridgehead atoms. The van der Waals surface area contributed by atoms with E-state index in [0.29, 0.717) is 29.1 Å². The smallest absolute Gasteiger partial charge is 0.264 e. The molecule has 2 aromatic carbocycles. The molecule has 4 N–H and O–H groups in total. The van der Waals surface area contributed by atoms with Crippen molar-refractivity contribution in [2.24, 2.45) is 0 Å². The summed E-state index contributed by atoms with van der Waals surface area (Å²) in [5.74, 6) is -3.29. The van der Waals surface area contributed by atoms with Crippen molar-refractivity contribution in [1.82, 2.24) is 15.8 Å². The van der Waals surface area contributed by atoms with Crippen LogP contribution in [0.15, 0.2) is 30.3 Å². The minimum Gasteiger partial charge on any atom is -0.389 e. The highest BCUT2D eigenvalue weighted by Crippen LogP contribution is 2.46. The van der Waals surface area contributed by atoms with E-state index in [1.54, 1.807) is 30.9 Å². The number of likely N-dealkylation sites (tertiary alicyclic amines) is 1. The SMILES string of the molecule is CN[C@@H]1CCCN(C(=O)c2cc(-c3ccc(C#N)c(F)c3)c(-c3cc4c(c(F)c3F)N(CC(C)(C)O)NN4)s2)C1. The number of nitriles is 1. The molecular formula is C28H29F3N6O2S. The maximum Gasteiger partial charge on any atom is 0.264 e. The lowest BCUT2D eigenvalue weighted by Crippen LogP contribution is -2.46. The molecule has 1 amide bonds. The quantitative estimate of drug-likeness (QED) is 0.343. The predicted molar refractivity (Wildman–Crippen MR) is 148 cm³/mol.